The molecule has 9 heteroatoms. The maximum atomic E-state index is 12.6. The molecule has 0 fully saturated rings. The normalized spacial score (nSPS) is 10.4. The van der Waals surface area contributed by atoms with Gasteiger partial charge in [-0.25, -0.2) is 10.2 Å². The lowest BCUT2D eigenvalue weighted by molar-refractivity contribution is -0.123. The predicted molar refractivity (Wildman–Crippen MR) is 125 cm³/mol. The molecule has 0 aromatic heterocycles. The van der Waals surface area contributed by atoms with Crippen molar-refractivity contribution in [1.29, 1.82) is 0 Å². The van der Waals surface area contributed by atoms with Crippen LogP contribution >= 0.6 is 0 Å². The molecule has 0 aliphatic carbocycles. The fourth-order valence-corrected chi connectivity index (χ4v) is 2.85. The number of carbonyl (C=O) groups excluding carboxylic acids is 2. The molecule has 0 radical (unpaired) electrons. The molecular weight excluding hydrogens is 440 g/mol. The molecule has 3 aromatic carbocycles. The van der Waals surface area contributed by atoms with Crippen molar-refractivity contribution >= 4 is 18.1 Å². The minimum absolute atomic E-state index is 0.171. The van der Waals surface area contributed by atoms with Crippen LogP contribution < -0.4 is 29.1 Å². The first kappa shape index (κ1) is 24.1. The Bertz CT molecular complexity index is 1160. The molecule has 0 aliphatic rings. The van der Waals surface area contributed by atoms with Crippen molar-refractivity contribution in [3.63, 3.8) is 0 Å². The summed E-state index contributed by atoms with van der Waals surface area (Å²) in [4.78, 5) is 24.5. The molecular formula is C25H24N2O7. The second-order valence-electron chi connectivity index (χ2n) is 6.76. The molecule has 1 N–H and O–H groups in total. The van der Waals surface area contributed by atoms with Gasteiger partial charge in [0, 0.05) is 0 Å². The number of carbonyl (C=O) groups is 2. The zero-order chi connectivity index (χ0) is 24.3. The highest BCUT2D eigenvalue weighted by atomic mass is 16.6. The molecule has 3 rings (SSSR count). The second-order valence-corrected chi connectivity index (χ2v) is 6.76. The largest absolute Gasteiger partial charge is 0.493 e. The summed E-state index contributed by atoms with van der Waals surface area (Å²) in [6, 6.07) is 18.5. The van der Waals surface area contributed by atoms with Gasteiger partial charge < -0.3 is 23.7 Å². The average Bonchev–Trinajstić information content (AvgIpc) is 2.88. The number of benzene rings is 3. The van der Waals surface area contributed by atoms with E-state index in [1.807, 2.05) is 18.2 Å². The van der Waals surface area contributed by atoms with Gasteiger partial charge in [0.15, 0.2) is 29.6 Å². The number of nitrogens with one attached hydrogen (secondary N) is 1. The van der Waals surface area contributed by atoms with Gasteiger partial charge in [-0.05, 0) is 54.1 Å². The van der Waals surface area contributed by atoms with Gasteiger partial charge in [-0.2, -0.15) is 5.10 Å². The molecule has 0 saturated carbocycles. The van der Waals surface area contributed by atoms with E-state index in [0.717, 1.165) is 0 Å². The van der Waals surface area contributed by atoms with Crippen molar-refractivity contribution in [3.8, 4) is 28.7 Å². The summed E-state index contributed by atoms with van der Waals surface area (Å²) in [6.07, 6.45) is 1.43. The van der Waals surface area contributed by atoms with E-state index in [4.69, 9.17) is 23.7 Å². The van der Waals surface area contributed by atoms with Crippen LogP contribution in [-0.2, 0) is 4.79 Å². The van der Waals surface area contributed by atoms with Gasteiger partial charge >= 0.3 is 5.97 Å². The zero-order valence-corrected chi connectivity index (χ0v) is 18.9. The molecule has 176 valence electrons. The summed E-state index contributed by atoms with van der Waals surface area (Å²) in [5.41, 5.74) is 3.29. The Morgan fingerprint density at radius 1 is 0.824 bits per heavy atom. The molecule has 0 saturated heterocycles. The molecule has 34 heavy (non-hydrogen) atoms. The van der Waals surface area contributed by atoms with Gasteiger partial charge in [0.1, 0.15) is 5.75 Å². The molecule has 0 unspecified atom stereocenters. The highest BCUT2D eigenvalue weighted by Gasteiger charge is 2.15. The van der Waals surface area contributed by atoms with Gasteiger partial charge in [0.25, 0.3) is 5.91 Å². The number of esters is 1. The number of methoxy groups -OCH3 is 3. The van der Waals surface area contributed by atoms with Crippen molar-refractivity contribution in [1.82, 2.24) is 5.43 Å². The highest BCUT2D eigenvalue weighted by molar-refractivity contribution is 5.92. The Hall–Kier alpha value is -4.53. The lowest BCUT2D eigenvalue weighted by atomic mass is 10.2. The Balaban J connectivity index is 1.60. The van der Waals surface area contributed by atoms with Gasteiger partial charge in [-0.15, -0.1) is 0 Å². The topological polar surface area (TPSA) is 105 Å². The number of rotatable bonds is 10. The quantitative estimate of drug-likeness (QED) is 0.212. The van der Waals surface area contributed by atoms with Crippen LogP contribution in [0.5, 0.6) is 28.7 Å². The number of hydrogen-bond acceptors (Lipinski definition) is 8. The molecule has 0 heterocycles. The van der Waals surface area contributed by atoms with E-state index in [1.165, 1.54) is 33.6 Å². The number of ether oxygens (including phenoxy) is 5. The van der Waals surface area contributed by atoms with E-state index in [1.54, 1.807) is 42.5 Å². The van der Waals surface area contributed by atoms with E-state index in [2.05, 4.69) is 10.5 Å². The fourth-order valence-electron chi connectivity index (χ4n) is 2.85. The van der Waals surface area contributed by atoms with Crippen LogP contribution in [0.4, 0.5) is 0 Å². The molecule has 3 aromatic rings. The first-order valence-electron chi connectivity index (χ1n) is 10.2. The van der Waals surface area contributed by atoms with Crippen molar-refractivity contribution in [2.24, 2.45) is 5.10 Å². The molecule has 0 aliphatic heterocycles. The summed E-state index contributed by atoms with van der Waals surface area (Å²) < 4.78 is 26.6. The van der Waals surface area contributed by atoms with Crippen molar-refractivity contribution in [2.45, 2.75) is 0 Å². The van der Waals surface area contributed by atoms with E-state index in [9.17, 15) is 9.59 Å². The highest BCUT2D eigenvalue weighted by Crippen LogP contribution is 2.31. The summed E-state index contributed by atoms with van der Waals surface area (Å²) >= 11 is 0. The third-order valence-electron chi connectivity index (χ3n) is 4.53. The van der Waals surface area contributed by atoms with E-state index < -0.39 is 11.9 Å². The Morgan fingerprint density at radius 2 is 1.50 bits per heavy atom. The average molecular weight is 464 g/mol. The van der Waals surface area contributed by atoms with Crippen LogP contribution in [0.15, 0.2) is 71.8 Å². The smallest absolute Gasteiger partial charge is 0.343 e. The summed E-state index contributed by atoms with van der Waals surface area (Å²) in [6.45, 7) is -0.171. The van der Waals surface area contributed by atoms with Crippen LogP contribution in [-0.4, -0.2) is 46.0 Å². The maximum Gasteiger partial charge on any atom is 0.343 e. The van der Waals surface area contributed by atoms with Crippen LogP contribution in [0.2, 0.25) is 0 Å². The van der Waals surface area contributed by atoms with Crippen LogP contribution in [0.3, 0.4) is 0 Å². The minimum Gasteiger partial charge on any atom is -0.493 e. The molecule has 9 nitrogen and oxygen atoms in total. The monoisotopic (exact) mass is 464 g/mol. The fraction of sp³-hybridized carbons (Fsp3) is 0.160. The van der Waals surface area contributed by atoms with Gasteiger partial charge in [0.05, 0.1) is 33.1 Å². The van der Waals surface area contributed by atoms with Crippen molar-refractivity contribution in [2.75, 3.05) is 27.9 Å². The van der Waals surface area contributed by atoms with E-state index in [-0.39, 0.29) is 17.9 Å². The number of amides is 1. The third kappa shape index (κ3) is 6.49. The number of hydrogen-bond donors (Lipinski definition) is 1. The lowest BCUT2D eigenvalue weighted by Crippen LogP contribution is -2.24. The lowest BCUT2D eigenvalue weighted by Gasteiger charge is -2.11. The number of nitrogens with zero attached hydrogens (tertiary/aromatic N) is 1. The Labute approximate surface area is 196 Å². The molecule has 0 spiro atoms. The Morgan fingerprint density at radius 3 is 2.21 bits per heavy atom. The first-order chi connectivity index (χ1) is 16.5. The molecule has 0 atom stereocenters. The van der Waals surface area contributed by atoms with Gasteiger partial charge in [-0.1, -0.05) is 18.2 Å². The van der Waals surface area contributed by atoms with Crippen LogP contribution in [0, 0.1) is 0 Å². The summed E-state index contributed by atoms with van der Waals surface area (Å²) in [5, 5.41) is 3.91. The van der Waals surface area contributed by atoms with E-state index >= 15 is 0 Å². The third-order valence-corrected chi connectivity index (χ3v) is 4.53. The first-order valence-corrected chi connectivity index (χ1v) is 10.2. The minimum atomic E-state index is -0.591. The van der Waals surface area contributed by atoms with Gasteiger partial charge in [0.2, 0.25) is 0 Å². The van der Waals surface area contributed by atoms with Crippen molar-refractivity contribution in [3.05, 3.63) is 77.9 Å². The van der Waals surface area contributed by atoms with Gasteiger partial charge in [-0.3, -0.25) is 4.79 Å². The summed E-state index contributed by atoms with van der Waals surface area (Å²) in [5.74, 6) is 1.03. The molecule has 0 bridgehead atoms. The SMILES string of the molecule is COc1ccc(C(=O)Oc2ccc(C=NNC(=O)COc3ccccc3)cc2OC)cc1OC. The van der Waals surface area contributed by atoms with E-state index in [0.29, 0.717) is 28.6 Å². The predicted octanol–water partition coefficient (Wildman–Crippen LogP) is 3.46. The Kier molecular flexibility index (Phi) is 8.45. The second kappa shape index (κ2) is 11.9. The standard InChI is InChI=1S/C25H24N2O7/c1-30-20-12-10-18(14-23(20)32-3)25(29)34-21-11-9-17(13-22(21)31-2)15-26-27-24(28)16-33-19-7-5-4-6-8-19/h4-15H,16H2,1-3H3,(H,27,28). The maximum absolute atomic E-state index is 12.6. The van der Waals surface area contributed by atoms with Crippen LogP contribution in [0.1, 0.15) is 15.9 Å². The number of hydrazone groups is 1. The zero-order valence-electron chi connectivity index (χ0n) is 18.9. The molecule has 1 amide bonds. The van der Waals surface area contributed by atoms with Crippen LogP contribution in [0.25, 0.3) is 0 Å². The summed E-state index contributed by atoms with van der Waals surface area (Å²) in [7, 11) is 4.44. The number of para-hydroxylation sites is 1. The van der Waals surface area contributed by atoms with Crippen molar-refractivity contribution < 1.29 is 33.3 Å².